The van der Waals surface area contributed by atoms with Crippen molar-refractivity contribution in [2.45, 2.75) is 47.1 Å². The fourth-order valence-electron chi connectivity index (χ4n) is 2.77. The van der Waals surface area contributed by atoms with Gasteiger partial charge in [-0.05, 0) is 54.2 Å². The van der Waals surface area contributed by atoms with Crippen LogP contribution in [0, 0.1) is 0 Å². The average Bonchev–Trinajstić information content (AvgIpc) is 2.60. The number of ether oxygens (including phenoxy) is 1. The molecule has 2 aromatic carbocycles. The van der Waals surface area contributed by atoms with Gasteiger partial charge in [-0.3, -0.25) is 0 Å². The molecule has 0 radical (unpaired) electrons. The Bertz CT molecular complexity index is 710. The van der Waals surface area contributed by atoms with Gasteiger partial charge in [0.2, 0.25) is 0 Å². The van der Waals surface area contributed by atoms with E-state index >= 15 is 0 Å². The minimum absolute atomic E-state index is 0. The maximum atomic E-state index is 10.4. The highest BCUT2D eigenvalue weighted by Gasteiger charge is 2.09. The van der Waals surface area contributed by atoms with Gasteiger partial charge in [-0.25, -0.2) is 4.79 Å². The van der Waals surface area contributed by atoms with Crippen LogP contribution in [0.25, 0.3) is 10.8 Å². The second-order valence-electron chi connectivity index (χ2n) is 5.63. The summed E-state index contributed by atoms with van der Waals surface area (Å²) in [5.41, 5.74) is 10.6. The minimum atomic E-state index is -0.312. The van der Waals surface area contributed by atoms with Gasteiger partial charge >= 0.3 is 5.97 Å². The van der Waals surface area contributed by atoms with Crippen molar-refractivity contribution in [1.29, 1.82) is 0 Å². The number of benzene rings is 2. The second kappa shape index (κ2) is 11.7. The lowest BCUT2D eigenvalue weighted by molar-refractivity contribution is -0.138. The number of esters is 1. The molecule has 0 aromatic heterocycles. The van der Waals surface area contributed by atoms with Gasteiger partial charge in [0.05, 0.1) is 6.61 Å². The van der Waals surface area contributed by atoms with Crippen LogP contribution in [0.15, 0.2) is 42.5 Å². The van der Waals surface area contributed by atoms with Crippen LogP contribution in [0.2, 0.25) is 0 Å². The van der Waals surface area contributed by atoms with Gasteiger partial charge in [0.25, 0.3) is 0 Å². The first kappa shape index (κ1) is 23.2. The second-order valence-corrected chi connectivity index (χ2v) is 5.63. The first-order valence-corrected chi connectivity index (χ1v) is 8.55. The van der Waals surface area contributed by atoms with Gasteiger partial charge in [-0.1, -0.05) is 50.8 Å². The summed E-state index contributed by atoms with van der Waals surface area (Å²) in [6, 6.07) is 10.8. The molecule has 3 nitrogen and oxygen atoms in total. The van der Waals surface area contributed by atoms with Gasteiger partial charge < -0.3 is 10.5 Å². The minimum Gasteiger partial charge on any atom is -0.463 e. The first-order chi connectivity index (χ1) is 11.5. The molecule has 0 aliphatic rings. The number of carbonyl (C=O) groups excluding carboxylic acids is 1. The molecule has 0 aliphatic heterocycles. The summed E-state index contributed by atoms with van der Waals surface area (Å²) in [5.74, 6) is -0.312. The quantitative estimate of drug-likeness (QED) is 0.602. The third kappa shape index (κ3) is 6.18. The smallest absolute Gasteiger partial charge is 0.333 e. The third-order valence-corrected chi connectivity index (χ3v) is 3.93. The lowest BCUT2D eigenvalue weighted by Crippen LogP contribution is -2.05. The number of halogens is 1. The fourth-order valence-corrected chi connectivity index (χ4v) is 2.77. The number of hydrogen-bond acceptors (Lipinski definition) is 3. The molecule has 2 rings (SSSR count). The molecule has 0 saturated heterocycles. The van der Waals surface area contributed by atoms with E-state index < -0.39 is 0 Å². The van der Waals surface area contributed by atoms with E-state index in [1.807, 2.05) is 0 Å². The molecule has 4 heteroatoms. The van der Waals surface area contributed by atoms with Crippen LogP contribution in [0.5, 0.6) is 0 Å². The van der Waals surface area contributed by atoms with Crippen LogP contribution < -0.4 is 5.73 Å². The maximum Gasteiger partial charge on any atom is 0.333 e. The van der Waals surface area contributed by atoms with Gasteiger partial charge in [0.15, 0.2) is 0 Å². The Morgan fingerprint density at radius 3 is 2.20 bits per heavy atom. The predicted octanol–water partition coefficient (Wildman–Crippen LogP) is 4.97. The predicted molar refractivity (Wildman–Crippen MR) is 109 cm³/mol. The zero-order valence-electron chi connectivity index (χ0n) is 15.7. The van der Waals surface area contributed by atoms with Crippen LogP contribution in [0.3, 0.4) is 0 Å². The van der Waals surface area contributed by atoms with Gasteiger partial charge in [0, 0.05) is 12.1 Å². The number of fused-ring (bicyclic) bond motifs is 1. The van der Waals surface area contributed by atoms with Crippen LogP contribution in [0.1, 0.15) is 44.4 Å². The Morgan fingerprint density at radius 2 is 1.76 bits per heavy atom. The molecule has 0 saturated carbocycles. The van der Waals surface area contributed by atoms with E-state index in [4.69, 9.17) is 5.73 Å². The Hall–Kier alpha value is -1.84. The molecule has 2 aromatic rings. The van der Waals surface area contributed by atoms with Crippen molar-refractivity contribution in [3.63, 3.8) is 0 Å². The van der Waals surface area contributed by atoms with Crippen molar-refractivity contribution in [1.82, 2.24) is 0 Å². The van der Waals surface area contributed by atoms with E-state index in [1.54, 1.807) is 13.8 Å². The third-order valence-electron chi connectivity index (χ3n) is 3.93. The van der Waals surface area contributed by atoms with Crippen molar-refractivity contribution < 1.29 is 9.53 Å². The molecule has 0 aliphatic carbocycles. The van der Waals surface area contributed by atoms with Crippen molar-refractivity contribution in [2.24, 2.45) is 5.73 Å². The topological polar surface area (TPSA) is 52.3 Å². The highest BCUT2D eigenvalue weighted by atomic mass is 35.5. The zero-order chi connectivity index (χ0) is 18.1. The van der Waals surface area contributed by atoms with Gasteiger partial charge in [-0.2, -0.15) is 0 Å². The standard InChI is InChI=1S/C15H19N.C6H10O2.ClH/c1-3-11-9-12-7-5-6-8-14(12)15(10-16)13(11)4-2;1-4-8-6(7)5(2)3;/h5-9H,3-4,10,16H2,1-2H3;2,4H2,1,3H3;1H. The van der Waals surface area contributed by atoms with Crippen LogP contribution >= 0.6 is 12.4 Å². The van der Waals surface area contributed by atoms with Crippen LogP contribution in [0.4, 0.5) is 0 Å². The molecule has 0 bridgehead atoms. The molecule has 2 N–H and O–H groups in total. The number of aryl methyl sites for hydroxylation is 1. The van der Waals surface area contributed by atoms with Crippen molar-refractivity contribution >= 4 is 29.1 Å². The molecule has 25 heavy (non-hydrogen) atoms. The van der Waals surface area contributed by atoms with Gasteiger partial charge in [-0.15, -0.1) is 12.4 Å². The Morgan fingerprint density at radius 1 is 1.12 bits per heavy atom. The number of carbonyl (C=O) groups is 1. The summed E-state index contributed by atoms with van der Waals surface area (Å²) in [5, 5.41) is 2.64. The van der Waals surface area contributed by atoms with Crippen molar-refractivity contribution in [3.8, 4) is 0 Å². The molecule has 138 valence electrons. The monoisotopic (exact) mass is 363 g/mol. The molecule has 0 atom stereocenters. The molecule has 0 unspecified atom stereocenters. The van der Waals surface area contributed by atoms with Crippen LogP contribution in [-0.4, -0.2) is 12.6 Å². The average molecular weight is 364 g/mol. The lowest BCUT2D eigenvalue weighted by Gasteiger charge is -2.15. The van der Waals surface area contributed by atoms with E-state index in [0.717, 1.165) is 12.8 Å². The van der Waals surface area contributed by atoms with Crippen molar-refractivity contribution in [3.05, 3.63) is 59.2 Å². The zero-order valence-corrected chi connectivity index (χ0v) is 16.5. The largest absolute Gasteiger partial charge is 0.463 e. The van der Waals surface area contributed by atoms with Crippen molar-refractivity contribution in [2.75, 3.05) is 6.61 Å². The first-order valence-electron chi connectivity index (χ1n) is 8.55. The van der Waals surface area contributed by atoms with E-state index in [1.165, 1.54) is 27.5 Å². The Kier molecular flexibility index (Phi) is 10.8. The number of hydrogen-bond donors (Lipinski definition) is 1. The SMILES string of the molecule is C=C(C)C(=O)OCC.CCc1cc2ccccc2c(CN)c1CC.Cl. The number of nitrogens with two attached hydrogens (primary N) is 1. The summed E-state index contributed by atoms with van der Waals surface area (Å²) < 4.78 is 4.56. The molecule has 0 fully saturated rings. The van der Waals surface area contributed by atoms with E-state index in [0.29, 0.717) is 18.7 Å². The summed E-state index contributed by atoms with van der Waals surface area (Å²) >= 11 is 0. The summed E-state index contributed by atoms with van der Waals surface area (Å²) in [6.45, 7) is 12.3. The molecule has 0 spiro atoms. The fraction of sp³-hybridized carbons (Fsp3) is 0.381. The van der Waals surface area contributed by atoms with E-state index in [-0.39, 0.29) is 18.4 Å². The Balaban J connectivity index is 0.000000552. The lowest BCUT2D eigenvalue weighted by atomic mass is 9.91. The molecular weight excluding hydrogens is 334 g/mol. The molecule has 0 amide bonds. The Labute approximate surface area is 157 Å². The number of rotatable bonds is 5. The summed E-state index contributed by atoms with van der Waals surface area (Å²) in [4.78, 5) is 10.4. The maximum absolute atomic E-state index is 10.4. The normalized spacial score (nSPS) is 9.64. The molecular formula is C21H30ClNO2. The molecule has 0 heterocycles. The summed E-state index contributed by atoms with van der Waals surface area (Å²) in [7, 11) is 0. The summed E-state index contributed by atoms with van der Waals surface area (Å²) in [6.07, 6.45) is 2.15. The highest BCUT2D eigenvalue weighted by molar-refractivity contribution is 5.88. The van der Waals surface area contributed by atoms with Gasteiger partial charge in [0.1, 0.15) is 0 Å². The van der Waals surface area contributed by atoms with E-state index in [9.17, 15) is 4.79 Å². The van der Waals surface area contributed by atoms with Crippen LogP contribution in [-0.2, 0) is 28.9 Å². The van der Waals surface area contributed by atoms with E-state index in [2.05, 4.69) is 55.5 Å². The highest BCUT2D eigenvalue weighted by Crippen LogP contribution is 2.26.